The molecule has 0 nitrogen and oxygen atoms in total. The molecule has 3 heteroatoms. The first-order valence-corrected chi connectivity index (χ1v) is 29.9. The van der Waals surface area contributed by atoms with Crippen LogP contribution in [-0.2, 0) is 24.7 Å². The van der Waals surface area contributed by atoms with E-state index < -0.39 is 18.3 Å². The Labute approximate surface area is 359 Å². The van der Waals surface area contributed by atoms with Gasteiger partial charge < -0.3 is 0 Å². The second kappa shape index (κ2) is 13.5. The molecule has 0 aliphatic heterocycles. The minimum absolute atomic E-state index is 0. The van der Waals surface area contributed by atoms with E-state index in [9.17, 15) is 0 Å². The maximum atomic E-state index is 6.15. The third kappa shape index (κ3) is 5.04. The van der Waals surface area contributed by atoms with Gasteiger partial charge in [0.25, 0.3) is 0 Å². The van der Waals surface area contributed by atoms with Crippen LogP contribution in [0, 0.1) is 38.9 Å². The Morgan fingerprint density at radius 3 is 2.09 bits per heavy atom. The summed E-state index contributed by atoms with van der Waals surface area (Å²) in [5.41, 5.74) is 11.4. The molecule has 3 aromatic carbocycles. The van der Waals surface area contributed by atoms with E-state index in [1.54, 1.807) is 34.4 Å². The van der Waals surface area contributed by atoms with Crippen molar-refractivity contribution in [3.8, 4) is 0 Å². The molecule has 0 heterocycles. The van der Waals surface area contributed by atoms with Gasteiger partial charge in [-0.3, -0.25) is 0 Å². The van der Waals surface area contributed by atoms with Gasteiger partial charge in [0.15, 0.2) is 0 Å². The van der Waals surface area contributed by atoms with Gasteiger partial charge >= 0.3 is 337 Å². The van der Waals surface area contributed by atoms with Gasteiger partial charge in [0, 0.05) is 0 Å². The van der Waals surface area contributed by atoms with E-state index >= 15 is 0 Å². The van der Waals surface area contributed by atoms with Crippen LogP contribution < -0.4 is 3.27 Å². The average molecular weight is 881 g/mol. The molecule has 4 unspecified atom stereocenters. The van der Waals surface area contributed by atoms with E-state index in [2.05, 4.69) is 165 Å². The van der Waals surface area contributed by atoms with E-state index in [4.69, 9.17) is 4.21 Å². The normalized spacial score (nSPS) is 30.6. The summed E-state index contributed by atoms with van der Waals surface area (Å²) in [4.78, 5) is 0. The number of hydrogen-bond donors (Lipinski definition) is 0. The Balaban J connectivity index is 0.00000248. The van der Waals surface area contributed by atoms with Crippen LogP contribution in [0.2, 0.25) is 7.75 Å². The fourth-order valence-corrected chi connectivity index (χ4v) is 33.5. The zero-order valence-corrected chi connectivity index (χ0v) is 41.1. The van der Waals surface area contributed by atoms with E-state index in [0.717, 1.165) is 12.8 Å². The first kappa shape index (κ1) is 43.1. The van der Waals surface area contributed by atoms with Crippen molar-refractivity contribution in [2.45, 2.75) is 128 Å². The first-order valence-electron chi connectivity index (χ1n) is 22.0. The first-order chi connectivity index (χ1) is 25.8. The van der Waals surface area contributed by atoms with Crippen molar-refractivity contribution < 1.29 is 18.3 Å². The van der Waals surface area contributed by atoms with Gasteiger partial charge in [-0.1, -0.05) is 0 Å². The van der Waals surface area contributed by atoms with Crippen LogP contribution in [0.5, 0.6) is 0 Å². The summed E-state index contributed by atoms with van der Waals surface area (Å²) >= 11 is -4.93. The molecule has 6 aliphatic carbocycles. The van der Waals surface area contributed by atoms with E-state index in [-0.39, 0.29) is 55.0 Å². The fourth-order valence-electron chi connectivity index (χ4n) is 15.0. The molecule has 2 fully saturated rings. The topological polar surface area (TPSA) is 0 Å². The van der Waals surface area contributed by atoms with Crippen molar-refractivity contribution in [1.82, 2.24) is 0 Å². The van der Waals surface area contributed by atoms with Crippen LogP contribution in [0.4, 0.5) is 0 Å². The second-order valence-corrected chi connectivity index (χ2v) is 37.1. The summed E-state index contributed by atoms with van der Waals surface area (Å²) in [5, 5.41) is 2.69. The number of halogens is 2. The molecule has 57 heavy (non-hydrogen) atoms. The van der Waals surface area contributed by atoms with Gasteiger partial charge in [0.05, 0.1) is 0 Å². The molecule has 6 aliphatic rings. The molecule has 0 spiro atoms. The summed E-state index contributed by atoms with van der Waals surface area (Å²) in [5.74, 6) is 0.825. The molecule has 0 bridgehead atoms. The molecule has 4 atom stereocenters. The van der Waals surface area contributed by atoms with Crippen LogP contribution in [0.15, 0.2) is 117 Å². The molecule has 304 valence electrons. The van der Waals surface area contributed by atoms with Gasteiger partial charge in [-0.25, -0.2) is 0 Å². The summed E-state index contributed by atoms with van der Waals surface area (Å²) < 4.78 is 12.1. The van der Waals surface area contributed by atoms with Crippen molar-refractivity contribution >= 4 is 48.6 Å². The SMILES string of the molecule is Cl.Cl.[CH2]=[Zr]([CH3])([C]1=CC(C2(C)CCCCC2)=CC1C)([c]1ccc2ccccc2c1)[C]1(C)C2=C3Cc4ccccc4C3=C3C=CCCC3C2(C)C(C)(C)C(C)(C)C1(C)C. The van der Waals surface area contributed by atoms with Crippen LogP contribution >= 0.6 is 24.8 Å². The molecule has 0 N–H and O–H groups in total. The number of rotatable bonds is 4. The van der Waals surface area contributed by atoms with E-state index in [1.807, 2.05) is 0 Å². The molecule has 2 saturated carbocycles. The molecular weight excluding hydrogens is 811 g/mol. The number of hydrogen-bond acceptors (Lipinski definition) is 0. The second-order valence-electron chi connectivity index (χ2n) is 22.0. The third-order valence-corrected chi connectivity index (χ3v) is 38.5. The van der Waals surface area contributed by atoms with E-state index in [1.165, 1.54) is 60.4 Å². The van der Waals surface area contributed by atoms with Gasteiger partial charge in [0.1, 0.15) is 0 Å². The minimum atomic E-state index is -4.93. The van der Waals surface area contributed by atoms with Crippen LogP contribution in [0.25, 0.3) is 16.3 Å². The number of benzene rings is 3. The maximum absolute atomic E-state index is 6.15. The van der Waals surface area contributed by atoms with E-state index in [0.29, 0.717) is 11.8 Å². The number of fused-ring (bicyclic) bond motifs is 7. The molecular formula is C54H70Cl2Zr. The van der Waals surface area contributed by atoms with Gasteiger partial charge in [-0.15, -0.1) is 24.8 Å². The average Bonchev–Trinajstić information content (AvgIpc) is 3.76. The van der Waals surface area contributed by atoms with Crippen LogP contribution in [-0.4, -0.2) is 4.21 Å². The predicted octanol–water partition coefficient (Wildman–Crippen LogP) is 15.5. The van der Waals surface area contributed by atoms with Crippen molar-refractivity contribution in [3.05, 3.63) is 128 Å². The van der Waals surface area contributed by atoms with Crippen molar-refractivity contribution in [2.75, 3.05) is 0 Å². The molecule has 3 aromatic rings. The Hall–Kier alpha value is -2.05. The summed E-state index contributed by atoms with van der Waals surface area (Å²) in [6, 6.07) is 26.2. The third-order valence-electron chi connectivity index (χ3n) is 19.8. The quantitative estimate of drug-likeness (QED) is 0.245. The molecule has 0 saturated heterocycles. The van der Waals surface area contributed by atoms with Crippen molar-refractivity contribution in [2.24, 2.45) is 38.9 Å². The summed E-state index contributed by atoms with van der Waals surface area (Å²) in [7, 11) is 0. The van der Waals surface area contributed by atoms with Gasteiger partial charge in [0.2, 0.25) is 0 Å². The molecule has 0 aromatic heterocycles. The van der Waals surface area contributed by atoms with Crippen molar-refractivity contribution in [3.63, 3.8) is 0 Å². The summed E-state index contributed by atoms with van der Waals surface area (Å²) in [6.07, 6.45) is 20.7. The molecule has 0 radical (unpaired) electrons. The van der Waals surface area contributed by atoms with Crippen molar-refractivity contribution in [1.29, 1.82) is 0 Å². The standard InChI is InChI=1S/C29H37.C13H19.C10H7.CH3.CH2.2ClH.Zr/c1-18-25-22-17-19-13-9-10-14-20(19)24(22)21-15-11-12-16-23(21)29(25,8)28(6,7)27(4,5)26(18,2)3;1-11-6-7-12(10-11)13(2)8-4-3-5-9-13;1-2-6-10-8-4-3-7-9(10)5-1;;;;;/h9-11,13-15,23H,12,16-17H2,1-8H3;7,10-11H,3-5,8-9H2,1-2H3;1-3,5-8H;1H3;1H2;2*1H;. The number of allylic oxidation sites excluding steroid dienone is 10. The summed E-state index contributed by atoms with van der Waals surface area (Å²) in [6.45, 7) is 26.9. The Morgan fingerprint density at radius 1 is 0.737 bits per heavy atom. The van der Waals surface area contributed by atoms with Gasteiger partial charge in [-0.2, -0.15) is 0 Å². The van der Waals surface area contributed by atoms with Crippen LogP contribution in [0.1, 0.15) is 125 Å². The Kier molecular flexibility index (Phi) is 10.2. The Bertz CT molecular complexity index is 2400. The Morgan fingerprint density at radius 2 is 1.39 bits per heavy atom. The molecule has 9 rings (SSSR count). The zero-order chi connectivity index (χ0) is 39.2. The predicted molar refractivity (Wildman–Crippen MR) is 251 cm³/mol. The molecule has 0 amide bonds. The van der Waals surface area contributed by atoms with Crippen LogP contribution in [0.3, 0.4) is 0 Å². The zero-order valence-electron chi connectivity index (χ0n) is 37.0. The fraction of sp³-hybridized carbons (Fsp3) is 0.500. The monoisotopic (exact) mass is 878 g/mol. The van der Waals surface area contributed by atoms with Gasteiger partial charge in [-0.05, 0) is 0 Å².